The third-order valence-corrected chi connectivity index (χ3v) is 4.43. The second kappa shape index (κ2) is 4.74. The highest BCUT2D eigenvalue weighted by atomic mass is 79.9. The molecule has 0 spiro atoms. The van der Waals surface area contributed by atoms with E-state index in [-0.39, 0.29) is 0 Å². The standard InChI is InChI=1S/C13H12BrNO2S/c1-18(16,17)11-5-2-9(3-6-11)10-4-7-13(15)12(14)8-10/h2-8H,15H2,1H3. The van der Waals surface area contributed by atoms with Gasteiger partial charge in [0.15, 0.2) is 9.84 Å². The summed E-state index contributed by atoms with van der Waals surface area (Å²) in [6, 6.07) is 12.4. The molecule has 18 heavy (non-hydrogen) atoms. The molecule has 0 radical (unpaired) electrons. The van der Waals surface area contributed by atoms with Crippen LogP contribution in [-0.2, 0) is 9.84 Å². The Hall–Kier alpha value is -1.33. The van der Waals surface area contributed by atoms with Crippen LogP contribution in [0.15, 0.2) is 51.8 Å². The second-order valence-corrected chi connectivity index (χ2v) is 6.90. The summed E-state index contributed by atoms with van der Waals surface area (Å²) in [5.74, 6) is 0. The molecule has 2 aromatic rings. The molecule has 0 atom stereocenters. The van der Waals surface area contributed by atoms with Crippen molar-refractivity contribution in [3.8, 4) is 11.1 Å². The summed E-state index contributed by atoms with van der Waals surface area (Å²) in [4.78, 5) is 0.320. The molecule has 2 aromatic carbocycles. The van der Waals surface area contributed by atoms with Crippen LogP contribution in [0.3, 0.4) is 0 Å². The van der Waals surface area contributed by atoms with E-state index in [2.05, 4.69) is 15.9 Å². The van der Waals surface area contributed by atoms with Crippen LogP contribution in [-0.4, -0.2) is 14.7 Å². The largest absolute Gasteiger partial charge is 0.398 e. The van der Waals surface area contributed by atoms with Gasteiger partial charge in [-0.25, -0.2) is 8.42 Å². The van der Waals surface area contributed by atoms with Crippen molar-refractivity contribution in [2.24, 2.45) is 0 Å². The average Bonchev–Trinajstić information content (AvgIpc) is 2.32. The van der Waals surface area contributed by atoms with Gasteiger partial charge in [-0.3, -0.25) is 0 Å². The highest BCUT2D eigenvalue weighted by molar-refractivity contribution is 9.10. The Morgan fingerprint density at radius 1 is 1.00 bits per heavy atom. The Bertz CT molecular complexity index is 679. The molecule has 0 bridgehead atoms. The van der Waals surface area contributed by atoms with E-state index in [9.17, 15) is 8.42 Å². The maximum atomic E-state index is 11.4. The van der Waals surface area contributed by atoms with E-state index in [0.717, 1.165) is 15.6 Å². The van der Waals surface area contributed by atoms with Crippen LogP contribution in [0.4, 0.5) is 5.69 Å². The smallest absolute Gasteiger partial charge is 0.175 e. The number of halogens is 1. The van der Waals surface area contributed by atoms with E-state index >= 15 is 0 Å². The molecule has 0 unspecified atom stereocenters. The van der Waals surface area contributed by atoms with Crippen molar-refractivity contribution in [2.45, 2.75) is 4.90 Å². The molecule has 0 heterocycles. The van der Waals surface area contributed by atoms with Crippen molar-refractivity contribution >= 4 is 31.5 Å². The maximum absolute atomic E-state index is 11.4. The Morgan fingerprint density at radius 3 is 2.06 bits per heavy atom. The molecule has 0 saturated carbocycles. The maximum Gasteiger partial charge on any atom is 0.175 e. The number of nitrogens with two attached hydrogens (primary N) is 1. The van der Waals surface area contributed by atoms with Gasteiger partial charge in [-0.1, -0.05) is 18.2 Å². The molecule has 5 heteroatoms. The topological polar surface area (TPSA) is 60.2 Å². The molecule has 94 valence electrons. The fourth-order valence-electron chi connectivity index (χ4n) is 1.60. The van der Waals surface area contributed by atoms with Gasteiger partial charge in [0, 0.05) is 16.4 Å². The van der Waals surface area contributed by atoms with Crippen LogP contribution < -0.4 is 5.73 Å². The highest BCUT2D eigenvalue weighted by Gasteiger charge is 2.07. The molecule has 0 fully saturated rings. The van der Waals surface area contributed by atoms with Gasteiger partial charge in [0.2, 0.25) is 0 Å². The van der Waals surface area contributed by atoms with Gasteiger partial charge >= 0.3 is 0 Å². The number of benzene rings is 2. The van der Waals surface area contributed by atoms with E-state index < -0.39 is 9.84 Å². The second-order valence-electron chi connectivity index (χ2n) is 4.03. The summed E-state index contributed by atoms with van der Waals surface area (Å²) >= 11 is 3.37. The number of hydrogen-bond acceptors (Lipinski definition) is 3. The van der Waals surface area contributed by atoms with Gasteiger partial charge in [-0.15, -0.1) is 0 Å². The lowest BCUT2D eigenvalue weighted by Gasteiger charge is -2.05. The van der Waals surface area contributed by atoms with Crippen LogP contribution >= 0.6 is 15.9 Å². The molecule has 3 nitrogen and oxygen atoms in total. The van der Waals surface area contributed by atoms with Crippen LogP contribution in [0.5, 0.6) is 0 Å². The monoisotopic (exact) mass is 325 g/mol. The van der Waals surface area contributed by atoms with Gasteiger partial charge in [-0.2, -0.15) is 0 Å². The fraction of sp³-hybridized carbons (Fsp3) is 0.0769. The first-order valence-electron chi connectivity index (χ1n) is 5.23. The van der Waals surface area contributed by atoms with Crippen molar-refractivity contribution in [2.75, 3.05) is 12.0 Å². The van der Waals surface area contributed by atoms with Crippen LogP contribution in [0.1, 0.15) is 0 Å². The third kappa shape index (κ3) is 2.73. The Morgan fingerprint density at radius 2 is 1.56 bits per heavy atom. The minimum absolute atomic E-state index is 0.320. The van der Waals surface area contributed by atoms with Gasteiger partial charge in [0.05, 0.1) is 4.90 Å². The molecule has 0 aliphatic heterocycles. The first kappa shape index (κ1) is 13.1. The predicted molar refractivity (Wildman–Crippen MR) is 77.1 cm³/mol. The van der Waals surface area contributed by atoms with Crippen molar-refractivity contribution in [3.63, 3.8) is 0 Å². The molecule has 0 aliphatic carbocycles. The van der Waals surface area contributed by atoms with E-state index in [1.165, 1.54) is 6.26 Å². The van der Waals surface area contributed by atoms with Gasteiger partial charge in [-0.05, 0) is 51.3 Å². The normalized spacial score (nSPS) is 11.4. The molecule has 0 aliphatic rings. The zero-order valence-corrected chi connectivity index (χ0v) is 12.1. The molecule has 0 saturated heterocycles. The van der Waals surface area contributed by atoms with Gasteiger partial charge in [0.25, 0.3) is 0 Å². The zero-order chi connectivity index (χ0) is 13.3. The summed E-state index contributed by atoms with van der Waals surface area (Å²) in [5, 5.41) is 0. The summed E-state index contributed by atoms with van der Waals surface area (Å²) < 4.78 is 23.5. The van der Waals surface area contributed by atoms with Crippen molar-refractivity contribution in [1.29, 1.82) is 0 Å². The zero-order valence-electron chi connectivity index (χ0n) is 9.72. The van der Waals surface area contributed by atoms with Crippen LogP contribution in [0, 0.1) is 0 Å². The van der Waals surface area contributed by atoms with E-state index in [1.807, 2.05) is 18.2 Å². The minimum Gasteiger partial charge on any atom is -0.398 e. The van der Waals surface area contributed by atoms with Gasteiger partial charge in [0.1, 0.15) is 0 Å². The third-order valence-electron chi connectivity index (χ3n) is 2.62. The first-order chi connectivity index (χ1) is 8.38. The van der Waals surface area contributed by atoms with E-state index in [0.29, 0.717) is 10.6 Å². The van der Waals surface area contributed by atoms with Crippen molar-refractivity contribution < 1.29 is 8.42 Å². The predicted octanol–water partition coefficient (Wildman–Crippen LogP) is 3.10. The van der Waals surface area contributed by atoms with Crippen molar-refractivity contribution in [1.82, 2.24) is 0 Å². The summed E-state index contributed by atoms with van der Waals surface area (Å²) in [6.45, 7) is 0. The SMILES string of the molecule is CS(=O)(=O)c1ccc(-c2ccc(N)c(Br)c2)cc1. The number of anilines is 1. The molecule has 0 amide bonds. The number of sulfone groups is 1. The summed E-state index contributed by atoms with van der Waals surface area (Å²) in [5.41, 5.74) is 8.32. The van der Waals surface area contributed by atoms with Crippen LogP contribution in [0.2, 0.25) is 0 Å². The van der Waals surface area contributed by atoms with Gasteiger partial charge < -0.3 is 5.73 Å². The first-order valence-corrected chi connectivity index (χ1v) is 7.92. The number of rotatable bonds is 2. The number of hydrogen-bond donors (Lipinski definition) is 1. The molecular formula is C13H12BrNO2S. The lowest BCUT2D eigenvalue weighted by molar-refractivity contribution is 0.602. The fourth-order valence-corrected chi connectivity index (χ4v) is 2.61. The summed E-state index contributed by atoms with van der Waals surface area (Å²) in [6.07, 6.45) is 1.20. The highest BCUT2D eigenvalue weighted by Crippen LogP contribution is 2.27. The van der Waals surface area contributed by atoms with E-state index in [1.54, 1.807) is 24.3 Å². The Labute approximate surface area is 115 Å². The Balaban J connectivity index is 2.43. The van der Waals surface area contributed by atoms with Crippen molar-refractivity contribution in [3.05, 3.63) is 46.9 Å². The quantitative estimate of drug-likeness (QED) is 0.863. The van der Waals surface area contributed by atoms with Crippen LogP contribution in [0.25, 0.3) is 11.1 Å². The molecule has 2 rings (SSSR count). The van der Waals surface area contributed by atoms with E-state index in [4.69, 9.17) is 5.73 Å². The molecular weight excluding hydrogens is 314 g/mol. The molecule has 2 N–H and O–H groups in total. The molecule has 0 aromatic heterocycles. The minimum atomic E-state index is -3.15. The average molecular weight is 326 g/mol. The lowest BCUT2D eigenvalue weighted by Crippen LogP contribution is -1.96. The lowest BCUT2D eigenvalue weighted by atomic mass is 10.1. The number of nitrogen functional groups attached to an aromatic ring is 1. The summed E-state index contributed by atoms with van der Waals surface area (Å²) in [7, 11) is -3.15. The Kier molecular flexibility index (Phi) is 3.45.